The van der Waals surface area contributed by atoms with E-state index in [2.05, 4.69) is 0 Å². The molecule has 2 rings (SSSR count). The van der Waals surface area contributed by atoms with Gasteiger partial charge in [0.1, 0.15) is 0 Å². The summed E-state index contributed by atoms with van der Waals surface area (Å²) in [5.41, 5.74) is 0.264. The second-order valence-electron chi connectivity index (χ2n) is 5.96. The molecule has 22 heavy (non-hydrogen) atoms. The largest absolute Gasteiger partial charge is 0.419 e. The summed E-state index contributed by atoms with van der Waals surface area (Å²) in [5, 5.41) is 9.84. The topological polar surface area (TPSA) is 75.7 Å². The summed E-state index contributed by atoms with van der Waals surface area (Å²) in [7, 11) is 0. The number of oxazole rings is 1. The van der Waals surface area contributed by atoms with Crippen molar-refractivity contribution < 1.29 is 14.3 Å². The molecule has 0 saturated carbocycles. The zero-order valence-corrected chi connectivity index (χ0v) is 13.2. The molecular formula is C16H22N2O4. The summed E-state index contributed by atoms with van der Waals surface area (Å²) in [5.74, 6) is -0.554. The molecule has 2 aromatic rings. The summed E-state index contributed by atoms with van der Waals surface area (Å²) in [6.45, 7) is 6.24. The Bertz CT molecular complexity index is 709. The van der Waals surface area contributed by atoms with Crippen LogP contribution in [0.25, 0.3) is 11.1 Å². The first kappa shape index (κ1) is 16.3. The van der Waals surface area contributed by atoms with Crippen molar-refractivity contribution in [3.8, 4) is 0 Å². The molecule has 120 valence electrons. The first-order chi connectivity index (χ1) is 10.3. The van der Waals surface area contributed by atoms with E-state index < -0.39 is 11.4 Å². The van der Waals surface area contributed by atoms with Crippen molar-refractivity contribution in [2.24, 2.45) is 0 Å². The predicted molar refractivity (Wildman–Crippen MR) is 83.6 cm³/mol. The average Bonchev–Trinajstić information content (AvgIpc) is 2.76. The molecule has 0 atom stereocenters. The minimum atomic E-state index is -0.940. The molecule has 1 N–H and O–H groups in total. The number of carbonyl (C=O) groups excluding carboxylic acids is 1. The number of hydrogen-bond acceptors (Lipinski definition) is 4. The van der Waals surface area contributed by atoms with Crippen LogP contribution in [0.5, 0.6) is 0 Å². The average molecular weight is 306 g/mol. The van der Waals surface area contributed by atoms with Crippen LogP contribution in [-0.2, 0) is 11.3 Å². The lowest BCUT2D eigenvalue weighted by molar-refractivity contribution is -0.134. The van der Waals surface area contributed by atoms with E-state index in [1.54, 1.807) is 36.9 Å². The van der Waals surface area contributed by atoms with Crippen LogP contribution in [0.3, 0.4) is 0 Å². The molecule has 1 aromatic heterocycles. The van der Waals surface area contributed by atoms with Gasteiger partial charge in [-0.05, 0) is 32.9 Å². The van der Waals surface area contributed by atoms with E-state index in [0.717, 1.165) is 0 Å². The zero-order chi connectivity index (χ0) is 16.3. The SMILES string of the molecule is CCN(CC(C)(C)O)C(=O)CCn1c(=O)oc2ccccc21. The molecule has 0 bridgehead atoms. The van der Waals surface area contributed by atoms with E-state index in [-0.39, 0.29) is 25.4 Å². The van der Waals surface area contributed by atoms with Crippen LogP contribution >= 0.6 is 0 Å². The van der Waals surface area contributed by atoms with Gasteiger partial charge in [-0.1, -0.05) is 12.1 Å². The molecule has 0 aliphatic heterocycles. The van der Waals surface area contributed by atoms with Gasteiger partial charge in [0.05, 0.1) is 11.1 Å². The molecule has 1 heterocycles. The van der Waals surface area contributed by atoms with E-state index in [9.17, 15) is 14.7 Å². The molecule has 6 nitrogen and oxygen atoms in total. The number of amides is 1. The van der Waals surface area contributed by atoms with Gasteiger partial charge in [0, 0.05) is 26.1 Å². The third kappa shape index (κ3) is 3.76. The lowest BCUT2D eigenvalue weighted by atomic mass is 10.1. The number of nitrogens with zero attached hydrogens (tertiary/aromatic N) is 2. The van der Waals surface area contributed by atoms with Gasteiger partial charge >= 0.3 is 5.76 Å². The molecule has 6 heteroatoms. The first-order valence-corrected chi connectivity index (χ1v) is 7.40. The van der Waals surface area contributed by atoms with Crippen molar-refractivity contribution >= 4 is 17.0 Å². The molecule has 1 amide bonds. The van der Waals surface area contributed by atoms with Crippen LogP contribution in [0.4, 0.5) is 0 Å². The molecule has 0 saturated heterocycles. The summed E-state index contributed by atoms with van der Waals surface area (Å²) in [4.78, 5) is 25.7. The maximum atomic E-state index is 12.3. The number of aryl methyl sites for hydroxylation is 1. The quantitative estimate of drug-likeness (QED) is 0.879. The molecule has 0 fully saturated rings. The minimum absolute atomic E-state index is 0.0955. The highest BCUT2D eigenvalue weighted by Crippen LogP contribution is 2.13. The fraction of sp³-hybridized carbons (Fsp3) is 0.500. The highest BCUT2D eigenvalue weighted by molar-refractivity contribution is 5.77. The van der Waals surface area contributed by atoms with Crippen molar-refractivity contribution in [1.82, 2.24) is 9.47 Å². The summed E-state index contributed by atoms with van der Waals surface area (Å²) < 4.78 is 6.60. The highest BCUT2D eigenvalue weighted by Gasteiger charge is 2.21. The number of rotatable bonds is 6. The van der Waals surface area contributed by atoms with E-state index in [0.29, 0.717) is 17.6 Å². The van der Waals surface area contributed by atoms with Gasteiger partial charge in [0.25, 0.3) is 0 Å². The first-order valence-electron chi connectivity index (χ1n) is 7.40. The Kier molecular flexibility index (Phi) is 4.71. The van der Waals surface area contributed by atoms with Crippen LogP contribution in [0.1, 0.15) is 27.2 Å². The van der Waals surface area contributed by atoms with E-state index in [1.807, 2.05) is 13.0 Å². The number of para-hydroxylation sites is 2. The molecule has 0 aliphatic rings. The monoisotopic (exact) mass is 306 g/mol. The molecule has 0 spiro atoms. The molecular weight excluding hydrogens is 284 g/mol. The van der Waals surface area contributed by atoms with E-state index in [1.165, 1.54) is 4.57 Å². The Morgan fingerprint density at radius 3 is 2.68 bits per heavy atom. The van der Waals surface area contributed by atoms with E-state index in [4.69, 9.17) is 4.42 Å². The lowest BCUT2D eigenvalue weighted by Gasteiger charge is -2.28. The van der Waals surface area contributed by atoms with Gasteiger partial charge in [-0.2, -0.15) is 0 Å². The lowest BCUT2D eigenvalue weighted by Crippen LogP contribution is -2.42. The van der Waals surface area contributed by atoms with E-state index >= 15 is 0 Å². The minimum Gasteiger partial charge on any atom is -0.408 e. The Hall–Kier alpha value is -2.08. The van der Waals surface area contributed by atoms with Gasteiger partial charge in [0.2, 0.25) is 5.91 Å². The zero-order valence-electron chi connectivity index (χ0n) is 13.2. The Balaban J connectivity index is 2.09. The number of hydrogen-bond donors (Lipinski definition) is 1. The fourth-order valence-electron chi connectivity index (χ4n) is 2.43. The summed E-state index contributed by atoms with van der Waals surface area (Å²) in [6.07, 6.45) is 0.188. The Morgan fingerprint density at radius 1 is 1.36 bits per heavy atom. The maximum Gasteiger partial charge on any atom is 0.419 e. The van der Waals surface area contributed by atoms with Crippen LogP contribution in [0, 0.1) is 0 Å². The van der Waals surface area contributed by atoms with Gasteiger partial charge < -0.3 is 14.4 Å². The van der Waals surface area contributed by atoms with Crippen LogP contribution in [0.2, 0.25) is 0 Å². The third-order valence-corrected chi connectivity index (χ3v) is 3.44. The number of benzene rings is 1. The van der Waals surface area contributed by atoms with Gasteiger partial charge in [0.15, 0.2) is 5.58 Å². The van der Waals surface area contributed by atoms with Crippen molar-refractivity contribution in [1.29, 1.82) is 0 Å². The number of fused-ring (bicyclic) bond motifs is 1. The van der Waals surface area contributed by atoms with Crippen molar-refractivity contribution in [3.05, 3.63) is 34.8 Å². The van der Waals surface area contributed by atoms with Gasteiger partial charge in [-0.3, -0.25) is 9.36 Å². The fourth-order valence-corrected chi connectivity index (χ4v) is 2.43. The van der Waals surface area contributed by atoms with Crippen LogP contribution in [-0.4, -0.2) is 39.2 Å². The maximum absolute atomic E-state index is 12.3. The highest BCUT2D eigenvalue weighted by atomic mass is 16.4. The second-order valence-corrected chi connectivity index (χ2v) is 5.96. The van der Waals surface area contributed by atoms with Crippen molar-refractivity contribution in [3.63, 3.8) is 0 Å². The predicted octanol–water partition coefficient (Wildman–Crippen LogP) is 1.60. The second kappa shape index (κ2) is 6.36. The molecule has 0 radical (unpaired) electrons. The normalized spacial score (nSPS) is 11.8. The summed E-state index contributed by atoms with van der Waals surface area (Å²) in [6, 6.07) is 7.13. The number of likely N-dealkylation sites (N-methyl/N-ethyl adjacent to an activating group) is 1. The van der Waals surface area contributed by atoms with Crippen LogP contribution < -0.4 is 5.76 Å². The van der Waals surface area contributed by atoms with Crippen molar-refractivity contribution in [2.75, 3.05) is 13.1 Å². The Labute approximate surface area is 128 Å². The number of carbonyl (C=O) groups is 1. The molecule has 1 aromatic carbocycles. The standard InChI is InChI=1S/C16H22N2O4/c1-4-17(11-16(2,3)21)14(19)9-10-18-12-7-5-6-8-13(12)22-15(18)20/h5-8,21H,4,9-11H2,1-3H3. The van der Waals surface area contributed by atoms with Gasteiger partial charge in [-0.15, -0.1) is 0 Å². The van der Waals surface area contributed by atoms with Crippen molar-refractivity contribution in [2.45, 2.75) is 39.3 Å². The third-order valence-electron chi connectivity index (χ3n) is 3.44. The summed E-state index contributed by atoms with van der Waals surface area (Å²) >= 11 is 0. The van der Waals surface area contributed by atoms with Crippen LogP contribution in [0.15, 0.2) is 33.5 Å². The smallest absolute Gasteiger partial charge is 0.408 e. The molecule has 0 aliphatic carbocycles. The molecule has 0 unspecified atom stereocenters. The van der Waals surface area contributed by atoms with Gasteiger partial charge in [-0.25, -0.2) is 4.79 Å². The Morgan fingerprint density at radius 2 is 2.05 bits per heavy atom. The number of aliphatic hydroxyl groups is 1. The number of aromatic nitrogens is 1.